The minimum Gasteiger partial charge on any atom is -0.184 e. The van der Waals surface area contributed by atoms with Gasteiger partial charge in [0.2, 0.25) is 0 Å². The van der Waals surface area contributed by atoms with E-state index in [0.29, 0.717) is 0 Å². The van der Waals surface area contributed by atoms with Crippen LogP contribution < -0.4 is 0 Å². The molecule has 0 aromatic heterocycles. The van der Waals surface area contributed by atoms with Crippen molar-refractivity contribution in [2.75, 3.05) is 0 Å². The van der Waals surface area contributed by atoms with Crippen molar-refractivity contribution in [3.63, 3.8) is 0 Å². The van der Waals surface area contributed by atoms with Gasteiger partial charge in [-0.2, -0.15) is 71.8 Å². The molecule has 0 fully saturated rings. The number of hydrogen-bond acceptors (Lipinski definition) is 0. The molecule has 15 heavy (non-hydrogen) atoms. The molecule has 2 aromatic rings. The average Bonchev–Trinajstić information content (AvgIpc) is 2.21. The summed E-state index contributed by atoms with van der Waals surface area (Å²) in [4.78, 5) is 0. The van der Waals surface area contributed by atoms with Crippen LogP contribution in [0.15, 0.2) is 48.5 Å². The molecule has 0 nitrogen and oxygen atoms in total. The van der Waals surface area contributed by atoms with E-state index in [-0.39, 0.29) is 23.1 Å². The SMILES string of the molecule is Cc1cc[c-]cc1.Cc1cc[c-]cc1.[Mg+2]. The third-order valence-electron chi connectivity index (χ3n) is 1.77. The molecule has 0 amide bonds. The summed E-state index contributed by atoms with van der Waals surface area (Å²) >= 11 is 0. The van der Waals surface area contributed by atoms with Crippen LogP contribution in [0.5, 0.6) is 0 Å². The molecule has 0 heterocycles. The largest absolute Gasteiger partial charge is 2.00 e. The van der Waals surface area contributed by atoms with Gasteiger partial charge in [-0.05, 0) is 0 Å². The summed E-state index contributed by atoms with van der Waals surface area (Å²) in [6, 6.07) is 21.6. The van der Waals surface area contributed by atoms with Crippen molar-refractivity contribution in [3.05, 3.63) is 71.8 Å². The quantitative estimate of drug-likeness (QED) is 0.459. The molecule has 2 aromatic carbocycles. The second-order valence-corrected chi connectivity index (χ2v) is 3.15. The Morgan fingerprint density at radius 3 is 1.07 bits per heavy atom. The third-order valence-corrected chi connectivity index (χ3v) is 1.77. The van der Waals surface area contributed by atoms with Gasteiger partial charge in [0.25, 0.3) is 0 Å². The molecule has 0 atom stereocenters. The van der Waals surface area contributed by atoms with Crippen LogP contribution in [0.2, 0.25) is 0 Å². The molecule has 0 saturated heterocycles. The van der Waals surface area contributed by atoms with Gasteiger partial charge >= 0.3 is 23.1 Å². The molecular weight excluding hydrogens is 192 g/mol. The first-order valence-electron chi connectivity index (χ1n) is 4.64. The molecule has 0 bridgehead atoms. The Labute approximate surface area is 108 Å². The first kappa shape index (κ1) is 14.2. The Bertz CT molecular complexity index is 303. The number of benzene rings is 2. The number of rotatable bonds is 0. The maximum atomic E-state index is 2.93. The van der Waals surface area contributed by atoms with Crippen molar-refractivity contribution in [1.82, 2.24) is 0 Å². The molecule has 0 spiro atoms. The van der Waals surface area contributed by atoms with Crippen LogP contribution in [0.1, 0.15) is 11.1 Å². The number of hydrogen-bond donors (Lipinski definition) is 0. The summed E-state index contributed by atoms with van der Waals surface area (Å²) in [6.07, 6.45) is 0. The predicted molar refractivity (Wildman–Crippen MR) is 65.8 cm³/mol. The van der Waals surface area contributed by atoms with Crippen molar-refractivity contribution < 1.29 is 0 Å². The van der Waals surface area contributed by atoms with Gasteiger partial charge in [0.05, 0.1) is 0 Å². The molecular formula is C14H14Mg. The Kier molecular flexibility index (Phi) is 8.06. The van der Waals surface area contributed by atoms with Gasteiger partial charge < -0.3 is 0 Å². The molecule has 0 aliphatic rings. The van der Waals surface area contributed by atoms with Crippen LogP contribution in [0.25, 0.3) is 0 Å². The maximum absolute atomic E-state index is 2.93. The molecule has 2 rings (SSSR count). The van der Waals surface area contributed by atoms with E-state index in [9.17, 15) is 0 Å². The summed E-state index contributed by atoms with van der Waals surface area (Å²) in [5.74, 6) is 0. The van der Waals surface area contributed by atoms with Crippen molar-refractivity contribution in [3.8, 4) is 0 Å². The minimum atomic E-state index is 0. The third kappa shape index (κ3) is 7.17. The summed E-state index contributed by atoms with van der Waals surface area (Å²) in [6.45, 7) is 4.13. The Balaban J connectivity index is 0.000000245. The monoisotopic (exact) mass is 206 g/mol. The van der Waals surface area contributed by atoms with Crippen molar-refractivity contribution in [2.24, 2.45) is 0 Å². The Morgan fingerprint density at radius 1 is 0.667 bits per heavy atom. The van der Waals surface area contributed by atoms with Gasteiger partial charge in [0, 0.05) is 0 Å². The van der Waals surface area contributed by atoms with Crippen LogP contribution in [0.4, 0.5) is 0 Å². The van der Waals surface area contributed by atoms with E-state index in [1.165, 1.54) is 11.1 Å². The Morgan fingerprint density at radius 2 is 0.933 bits per heavy atom. The second kappa shape index (κ2) is 8.51. The molecule has 0 saturated carbocycles. The van der Waals surface area contributed by atoms with E-state index in [1.807, 2.05) is 48.5 Å². The molecule has 0 aliphatic heterocycles. The van der Waals surface area contributed by atoms with Crippen molar-refractivity contribution in [1.29, 1.82) is 0 Å². The minimum absolute atomic E-state index is 0. The van der Waals surface area contributed by atoms with Gasteiger partial charge in [0.1, 0.15) is 0 Å². The fourth-order valence-electron chi connectivity index (χ4n) is 0.940. The van der Waals surface area contributed by atoms with Gasteiger partial charge in [-0.25, -0.2) is 0 Å². The van der Waals surface area contributed by atoms with Crippen LogP contribution in [0.3, 0.4) is 0 Å². The summed E-state index contributed by atoms with van der Waals surface area (Å²) < 4.78 is 0. The fraction of sp³-hybridized carbons (Fsp3) is 0.143. The number of aryl methyl sites for hydroxylation is 2. The zero-order valence-electron chi connectivity index (χ0n) is 9.33. The molecule has 0 aliphatic carbocycles. The van der Waals surface area contributed by atoms with Gasteiger partial charge in [-0.15, -0.1) is 0 Å². The normalized spacial score (nSPS) is 8.13. The van der Waals surface area contributed by atoms with Crippen LogP contribution in [-0.2, 0) is 0 Å². The molecule has 72 valence electrons. The van der Waals surface area contributed by atoms with Gasteiger partial charge in [0.15, 0.2) is 0 Å². The van der Waals surface area contributed by atoms with E-state index in [2.05, 4.69) is 26.0 Å². The fourth-order valence-corrected chi connectivity index (χ4v) is 0.940. The van der Waals surface area contributed by atoms with Crippen molar-refractivity contribution in [2.45, 2.75) is 13.8 Å². The standard InChI is InChI=1S/2C7H7.Mg/c2*1-7-5-3-2-4-6-7;/h2*3-6H,1H3;/q2*-1;+2. The van der Waals surface area contributed by atoms with E-state index in [0.717, 1.165) is 0 Å². The molecule has 1 heteroatoms. The maximum Gasteiger partial charge on any atom is 2.00 e. The van der Waals surface area contributed by atoms with Gasteiger partial charge in [-0.3, -0.25) is 0 Å². The zero-order valence-corrected chi connectivity index (χ0v) is 10.7. The van der Waals surface area contributed by atoms with Crippen LogP contribution in [-0.4, -0.2) is 23.1 Å². The van der Waals surface area contributed by atoms with Crippen molar-refractivity contribution >= 4 is 23.1 Å². The van der Waals surface area contributed by atoms with E-state index in [1.54, 1.807) is 0 Å². The predicted octanol–water partition coefficient (Wildman–Crippen LogP) is 3.21. The van der Waals surface area contributed by atoms with E-state index >= 15 is 0 Å². The van der Waals surface area contributed by atoms with Gasteiger partial charge in [-0.1, -0.05) is 13.8 Å². The second-order valence-electron chi connectivity index (χ2n) is 3.15. The Hall–Kier alpha value is -0.794. The topological polar surface area (TPSA) is 0 Å². The molecule has 0 unspecified atom stereocenters. The summed E-state index contributed by atoms with van der Waals surface area (Å²) in [7, 11) is 0. The average molecular weight is 207 g/mol. The first-order chi connectivity index (χ1) is 6.79. The molecule has 0 N–H and O–H groups in total. The summed E-state index contributed by atoms with van der Waals surface area (Å²) in [5.41, 5.74) is 2.58. The van der Waals surface area contributed by atoms with E-state index < -0.39 is 0 Å². The van der Waals surface area contributed by atoms with Crippen LogP contribution >= 0.6 is 0 Å². The smallest absolute Gasteiger partial charge is 0.184 e. The first-order valence-corrected chi connectivity index (χ1v) is 4.64. The zero-order chi connectivity index (χ0) is 10.2. The van der Waals surface area contributed by atoms with E-state index in [4.69, 9.17) is 0 Å². The molecule has 0 radical (unpaired) electrons. The summed E-state index contributed by atoms with van der Waals surface area (Å²) in [5, 5.41) is 0. The van der Waals surface area contributed by atoms with Crippen LogP contribution in [0, 0.1) is 26.0 Å².